The maximum atomic E-state index is 12.8. The van der Waals surface area contributed by atoms with Gasteiger partial charge in [0.1, 0.15) is 17.3 Å². The zero-order chi connectivity index (χ0) is 14.7. The van der Waals surface area contributed by atoms with Gasteiger partial charge in [-0.2, -0.15) is 0 Å². The summed E-state index contributed by atoms with van der Waals surface area (Å²) in [6, 6.07) is 5.70. The molecule has 0 atom stereocenters. The Kier molecular flexibility index (Phi) is 4.10. The molecule has 0 bridgehead atoms. The number of carbonyl (C=O) groups is 1. The normalized spacial score (nSPS) is 20.7. The number of amides is 1. The minimum atomic E-state index is -0.401. The Bertz CT molecular complexity index is 497. The molecule has 5 heteroatoms. The number of rotatable bonds is 3. The molecule has 4 nitrogen and oxygen atoms in total. The van der Waals surface area contributed by atoms with Crippen LogP contribution in [0.1, 0.15) is 32.1 Å². The van der Waals surface area contributed by atoms with Gasteiger partial charge in [0.2, 0.25) is 0 Å². The molecule has 3 rings (SSSR count). The van der Waals surface area contributed by atoms with Crippen LogP contribution in [0.3, 0.4) is 0 Å². The second kappa shape index (κ2) is 6.02. The summed E-state index contributed by atoms with van der Waals surface area (Å²) in [5, 5.41) is 0. The van der Waals surface area contributed by atoms with E-state index in [0.717, 1.165) is 25.7 Å². The van der Waals surface area contributed by atoms with Crippen molar-refractivity contribution >= 4 is 5.91 Å². The van der Waals surface area contributed by atoms with Crippen LogP contribution in [0, 0.1) is 5.82 Å². The molecule has 1 amide bonds. The zero-order valence-electron chi connectivity index (χ0n) is 12.0. The summed E-state index contributed by atoms with van der Waals surface area (Å²) in [5.41, 5.74) is -0.401. The van der Waals surface area contributed by atoms with Crippen molar-refractivity contribution in [2.24, 2.45) is 0 Å². The number of nitrogens with zero attached hydrogens (tertiary/aromatic N) is 1. The topological polar surface area (TPSA) is 38.8 Å². The van der Waals surface area contributed by atoms with E-state index < -0.39 is 5.72 Å². The molecule has 1 aromatic rings. The molecule has 2 aliphatic rings. The lowest BCUT2D eigenvalue weighted by Gasteiger charge is -2.39. The summed E-state index contributed by atoms with van der Waals surface area (Å²) in [6.45, 7) is 1.20. The largest absolute Gasteiger partial charge is 0.484 e. The van der Waals surface area contributed by atoms with Gasteiger partial charge < -0.3 is 14.4 Å². The Labute approximate surface area is 123 Å². The Balaban J connectivity index is 1.60. The van der Waals surface area contributed by atoms with Crippen molar-refractivity contribution in [1.82, 2.24) is 4.90 Å². The summed E-state index contributed by atoms with van der Waals surface area (Å²) >= 11 is 0. The van der Waals surface area contributed by atoms with Gasteiger partial charge in [-0.1, -0.05) is 6.42 Å². The first-order valence-electron chi connectivity index (χ1n) is 7.52. The van der Waals surface area contributed by atoms with E-state index in [0.29, 0.717) is 18.9 Å². The number of ether oxygens (including phenoxy) is 2. The quantitative estimate of drug-likeness (QED) is 0.860. The molecule has 0 radical (unpaired) electrons. The SMILES string of the molecule is O=C(COc1ccc(F)cc1)N1CCOC12CCCCC2. The summed E-state index contributed by atoms with van der Waals surface area (Å²) in [4.78, 5) is 14.2. The Morgan fingerprint density at radius 2 is 1.95 bits per heavy atom. The van der Waals surface area contributed by atoms with Gasteiger partial charge in [-0.05, 0) is 49.9 Å². The number of halogens is 1. The molecule has 1 aromatic carbocycles. The van der Waals surface area contributed by atoms with E-state index in [1.54, 1.807) is 0 Å². The van der Waals surface area contributed by atoms with Crippen molar-refractivity contribution < 1.29 is 18.7 Å². The van der Waals surface area contributed by atoms with Crippen LogP contribution in [0.2, 0.25) is 0 Å². The molecular weight excluding hydrogens is 273 g/mol. The molecule has 2 fully saturated rings. The van der Waals surface area contributed by atoms with E-state index in [4.69, 9.17) is 9.47 Å². The summed E-state index contributed by atoms with van der Waals surface area (Å²) in [6.07, 6.45) is 5.23. The second-order valence-corrected chi connectivity index (χ2v) is 5.64. The minimum absolute atomic E-state index is 0.0310. The molecule has 1 saturated carbocycles. The molecule has 114 valence electrons. The minimum Gasteiger partial charge on any atom is -0.484 e. The van der Waals surface area contributed by atoms with Crippen LogP contribution in [0.25, 0.3) is 0 Å². The Morgan fingerprint density at radius 1 is 1.24 bits per heavy atom. The van der Waals surface area contributed by atoms with Crippen LogP contribution in [0.15, 0.2) is 24.3 Å². The van der Waals surface area contributed by atoms with Crippen LogP contribution in [0.5, 0.6) is 5.75 Å². The standard InChI is InChI=1S/C16H20FNO3/c17-13-4-6-14(7-5-13)20-12-15(19)18-10-11-21-16(18)8-2-1-3-9-16/h4-7H,1-3,8-12H2. The Hall–Kier alpha value is -1.62. The molecule has 0 unspecified atom stereocenters. The molecule has 1 spiro atoms. The van der Waals surface area contributed by atoms with E-state index in [1.165, 1.54) is 30.7 Å². The van der Waals surface area contributed by atoms with Crippen LogP contribution >= 0.6 is 0 Å². The first-order valence-corrected chi connectivity index (χ1v) is 7.52. The van der Waals surface area contributed by atoms with E-state index in [-0.39, 0.29) is 18.3 Å². The highest BCUT2D eigenvalue weighted by Gasteiger charge is 2.45. The average molecular weight is 293 g/mol. The zero-order valence-corrected chi connectivity index (χ0v) is 12.0. The van der Waals surface area contributed by atoms with Crippen molar-refractivity contribution in [1.29, 1.82) is 0 Å². The van der Waals surface area contributed by atoms with Crippen molar-refractivity contribution in [2.45, 2.75) is 37.8 Å². The fourth-order valence-corrected chi connectivity index (χ4v) is 3.23. The van der Waals surface area contributed by atoms with Crippen LogP contribution < -0.4 is 4.74 Å². The lowest BCUT2D eigenvalue weighted by Crippen LogP contribution is -2.50. The van der Waals surface area contributed by atoms with Gasteiger partial charge in [-0.25, -0.2) is 4.39 Å². The van der Waals surface area contributed by atoms with Gasteiger partial charge in [-0.15, -0.1) is 0 Å². The van der Waals surface area contributed by atoms with Crippen LogP contribution in [-0.4, -0.2) is 36.3 Å². The van der Waals surface area contributed by atoms with Crippen LogP contribution in [-0.2, 0) is 9.53 Å². The summed E-state index contributed by atoms with van der Waals surface area (Å²) in [5.74, 6) is 0.129. The summed E-state index contributed by atoms with van der Waals surface area (Å²) in [7, 11) is 0. The predicted molar refractivity (Wildman–Crippen MR) is 75.4 cm³/mol. The predicted octanol–water partition coefficient (Wildman–Crippen LogP) is 2.72. The first kappa shape index (κ1) is 14.3. The maximum absolute atomic E-state index is 12.8. The molecule has 1 saturated heterocycles. The molecule has 1 aliphatic heterocycles. The first-order chi connectivity index (χ1) is 10.2. The molecule has 1 heterocycles. The number of carbonyl (C=O) groups excluding carboxylic acids is 1. The van der Waals surface area contributed by atoms with E-state index in [1.807, 2.05) is 4.90 Å². The number of hydrogen-bond donors (Lipinski definition) is 0. The van der Waals surface area contributed by atoms with E-state index >= 15 is 0 Å². The number of benzene rings is 1. The third-order valence-corrected chi connectivity index (χ3v) is 4.29. The summed E-state index contributed by atoms with van der Waals surface area (Å²) < 4.78 is 24.2. The fourth-order valence-electron chi connectivity index (χ4n) is 3.23. The van der Waals surface area contributed by atoms with Crippen molar-refractivity contribution in [3.05, 3.63) is 30.1 Å². The van der Waals surface area contributed by atoms with Gasteiger partial charge in [0.25, 0.3) is 5.91 Å². The average Bonchev–Trinajstić information content (AvgIpc) is 2.90. The van der Waals surface area contributed by atoms with Gasteiger partial charge in [0, 0.05) is 6.54 Å². The third kappa shape index (κ3) is 3.02. The highest BCUT2D eigenvalue weighted by molar-refractivity contribution is 5.78. The third-order valence-electron chi connectivity index (χ3n) is 4.29. The van der Waals surface area contributed by atoms with Crippen molar-refractivity contribution in [3.8, 4) is 5.75 Å². The van der Waals surface area contributed by atoms with Crippen molar-refractivity contribution in [2.75, 3.05) is 19.8 Å². The molecule has 0 aromatic heterocycles. The molecular formula is C16H20FNO3. The van der Waals surface area contributed by atoms with E-state index in [2.05, 4.69) is 0 Å². The smallest absolute Gasteiger partial charge is 0.262 e. The maximum Gasteiger partial charge on any atom is 0.262 e. The molecule has 21 heavy (non-hydrogen) atoms. The van der Waals surface area contributed by atoms with Gasteiger partial charge in [-0.3, -0.25) is 4.79 Å². The number of hydrogen-bond acceptors (Lipinski definition) is 3. The van der Waals surface area contributed by atoms with Gasteiger partial charge in [0.05, 0.1) is 6.61 Å². The van der Waals surface area contributed by atoms with Crippen LogP contribution in [0.4, 0.5) is 4.39 Å². The Morgan fingerprint density at radius 3 is 2.67 bits per heavy atom. The van der Waals surface area contributed by atoms with Gasteiger partial charge >= 0.3 is 0 Å². The molecule has 1 aliphatic carbocycles. The van der Waals surface area contributed by atoms with E-state index in [9.17, 15) is 9.18 Å². The highest BCUT2D eigenvalue weighted by atomic mass is 19.1. The molecule has 0 N–H and O–H groups in total. The lowest BCUT2D eigenvalue weighted by atomic mass is 9.90. The highest BCUT2D eigenvalue weighted by Crippen LogP contribution is 2.37. The van der Waals surface area contributed by atoms with Gasteiger partial charge in [0.15, 0.2) is 6.61 Å². The van der Waals surface area contributed by atoms with Crippen molar-refractivity contribution in [3.63, 3.8) is 0 Å². The lowest BCUT2D eigenvalue weighted by molar-refractivity contribution is -0.157. The second-order valence-electron chi connectivity index (χ2n) is 5.64. The fraction of sp³-hybridized carbons (Fsp3) is 0.562. The monoisotopic (exact) mass is 293 g/mol.